The van der Waals surface area contributed by atoms with Crippen LogP contribution in [0.2, 0.25) is 0 Å². The van der Waals surface area contributed by atoms with E-state index in [-0.39, 0.29) is 0 Å². The van der Waals surface area contributed by atoms with Crippen LogP contribution in [0.25, 0.3) is 0 Å². The lowest BCUT2D eigenvalue weighted by molar-refractivity contribution is 0.132. The maximum Gasteiger partial charge on any atom is 0.142 e. The van der Waals surface area contributed by atoms with Crippen LogP contribution in [0, 0.1) is 0 Å². The molecule has 0 fully saturated rings. The van der Waals surface area contributed by atoms with Crippen molar-refractivity contribution in [3.8, 4) is 0 Å². The van der Waals surface area contributed by atoms with Gasteiger partial charge >= 0.3 is 0 Å². The average Bonchev–Trinajstić information content (AvgIpc) is 2.45. The summed E-state index contributed by atoms with van der Waals surface area (Å²) in [5, 5.41) is 3.94. The molecule has 0 aliphatic rings. The van der Waals surface area contributed by atoms with Crippen molar-refractivity contribution in [3.05, 3.63) is 66.2 Å². The van der Waals surface area contributed by atoms with Gasteiger partial charge in [0.1, 0.15) is 6.61 Å². The number of rotatable bonds is 6. The molecule has 2 nitrogen and oxygen atoms in total. The Morgan fingerprint density at radius 1 is 0.944 bits per heavy atom. The molecule has 0 aliphatic carbocycles. The number of nitrogens with zero attached hydrogens (tertiary/aromatic N) is 1. The Labute approximate surface area is 112 Å². The van der Waals surface area contributed by atoms with Crippen molar-refractivity contribution >= 4 is 18.0 Å². The first-order chi connectivity index (χ1) is 8.95. The lowest BCUT2D eigenvalue weighted by atomic mass is 10.2. The molecule has 0 bridgehead atoms. The third-order valence-electron chi connectivity index (χ3n) is 2.29. The predicted octanol–water partition coefficient (Wildman–Crippen LogP) is 3.98. The van der Waals surface area contributed by atoms with E-state index in [1.807, 2.05) is 48.5 Å². The van der Waals surface area contributed by atoms with E-state index in [0.717, 1.165) is 11.3 Å². The SMILES string of the molecule is C(/CSc1ccccc1)=N\OCc1ccccc1. The summed E-state index contributed by atoms with van der Waals surface area (Å²) in [6.45, 7) is 0.521. The van der Waals surface area contributed by atoms with Gasteiger partial charge in [0.25, 0.3) is 0 Å². The summed E-state index contributed by atoms with van der Waals surface area (Å²) in [7, 11) is 0. The minimum Gasteiger partial charge on any atom is -0.391 e. The Bertz CT molecular complexity index is 425. The van der Waals surface area contributed by atoms with Gasteiger partial charge in [0.2, 0.25) is 0 Å². The van der Waals surface area contributed by atoms with Gasteiger partial charge in [-0.25, -0.2) is 0 Å². The molecule has 0 N–H and O–H groups in total. The fourth-order valence-electron chi connectivity index (χ4n) is 1.42. The molecule has 0 saturated carbocycles. The summed E-state index contributed by atoms with van der Waals surface area (Å²) in [6, 6.07) is 20.3. The van der Waals surface area contributed by atoms with Crippen molar-refractivity contribution in [1.82, 2.24) is 0 Å². The van der Waals surface area contributed by atoms with E-state index in [2.05, 4.69) is 17.3 Å². The summed E-state index contributed by atoms with van der Waals surface area (Å²) in [5.41, 5.74) is 1.13. The van der Waals surface area contributed by atoms with Crippen LogP contribution in [0.3, 0.4) is 0 Å². The second kappa shape index (κ2) is 7.56. The Morgan fingerprint density at radius 2 is 1.61 bits per heavy atom. The van der Waals surface area contributed by atoms with Gasteiger partial charge in [0.05, 0.1) is 6.21 Å². The van der Waals surface area contributed by atoms with Crippen molar-refractivity contribution < 1.29 is 4.84 Å². The zero-order chi connectivity index (χ0) is 12.5. The van der Waals surface area contributed by atoms with E-state index in [0.29, 0.717) is 6.61 Å². The molecule has 0 spiro atoms. The van der Waals surface area contributed by atoms with Crippen LogP contribution in [-0.2, 0) is 11.4 Å². The van der Waals surface area contributed by atoms with Gasteiger partial charge in [-0.2, -0.15) is 0 Å². The topological polar surface area (TPSA) is 21.6 Å². The van der Waals surface area contributed by atoms with Crippen molar-refractivity contribution in [1.29, 1.82) is 0 Å². The Kier molecular flexibility index (Phi) is 5.34. The monoisotopic (exact) mass is 257 g/mol. The van der Waals surface area contributed by atoms with Gasteiger partial charge in [-0.3, -0.25) is 0 Å². The molecule has 0 heterocycles. The first-order valence-corrected chi connectivity index (χ1v) is 6.79. The van der Waals surface area contributed by atoms with Gasteiger partial charge in [-0.15, -0.1) is 11.8 Å². The second-order valence-corrected chi connectivity index (χ2v) is 4.76. The van der Waals surface area contributed by atoms with Crippen LogP contribution in [0.1, 0.15) is 5.56 Å². The van der Waals surface area contributed by atoms with E-state index >= 15 is 0 Å². The molecule has 0 amide bonds. The van der Waals surface area contributed by atoms with Crippen molar-refractivity contribution in [2.75, 3.05) is 5.75 Å². The molecule has 18 heavy (non-hydrogen) atoms. The van der Waals surface area contributed by atoms with Gasteiger partial charge in [-0.05, 0) is 17.7 Å². The van der Waals surface area contributed by atoms with Crippen molar-refractivity contribution in [2.45, 2.75) is 11.5 Å². The zero-order valence-electron chi connectivity index (χ0n) is 10.0. The highest BCUT2D eigenvalue weighted by atomic mass is 32.2. The van der Waals surface area contributed by atoms with E-state index in [1.54, 1.807) is 18.0 Å². The number of hydrogen-bond acceptors (Lipinski definition) is 3. The molecule has 2 rings (SSSR count). The Hall–Kier alpha value is -1.74. The Balaban J connectivity index is 1.64. The lowest BCUT2D eigenvalue weighted by Gasteiger charge is -1.99. The van der Waals surface area contributed by atoms with E-state index in [4.69, 9.17) is 4.84 Å². The molecule has 92 valence electrons. The molecule has 0 atom stereocenters. The Morgan fingerprint density at radius 3 is 2.33 bits per heavy atom. The molecule has 0 unspecified atom stereocenters. The van der Waals surface area contributed by atoms with Gasteiger partial charge in [-0.1, -0.05) is 53.7 Å². The molecule has 3 heteroatoms. The first-order valence-electron chi connectivity index (χ1n) is 5.81. The molecule has 0 aromatic heterocycles. The number of benzene rings is 2. The van der Waals surface area contributed by atoms with Crippen molar-refractivity contribution in [3.63, 3.8) is 0 Å². The van der Waals surface area contributed by atoms with Crippen LogP contribution in [0.5, 0.6) is 0 Å². The largest absolute Gasteiger partial charge is 0.391 e. The molecule has 0 saturated heterocycles. The highest BCUT2D eigenvalue weighted by Crippen LogP contribution is 2.15. The zero-order valence-corrected chi connectivity index (χ0v) is 10.8. The molecule has 0 radical (unpaired) electrons. The fraction of sp³-hybridized carbons (Fsp3) is 0.133. The third-order valence-corrected chi connectivity index (χ3v) is 3.21. The third kappa shape index (κ3) is 4.63. The normalized spacial score (nSPS) is 10.7. The van der Waals surface area contributed by atoms with Crippen LogP contribution in [-0.4, -0.2) is 12.0 Å². The second-order valence-electron chi connectivity index (χ2n) is 3.67. The van der Waals surface area contributed by atoms with Gasteiger partial charge < -0.3 is 4.84 Å². The number of thioether (sulfide) groups is 1. The standard InChI is InChI=1S/C15H15NOS/c1-3-7-14(8-4-1)13-17-16-11-12-18-15-9-5-2-6-10-15/h1-11H,12-13H2/b16-11+. The van der Waals surface area contributed by atoms with Gasteiger partial charge in [0, 0.05) is 10.6 Å². The van der Waals surface area contributed by atoms with Crippen molar-refractivity contribution in [2.24, 2.45) is 5.16 Å². The van der Waals surface area contributed by atoms with E-state index in [9.17, 15) is 0 Å². The maximum absolute atomic E-state index is 5.21. The van der Waals surface area contributed by atoms with E-state index in [1.165, 1.54) is 4.90 Å². The molecule has 0 aliphatic heterocycles. The summed E-state index contributed by atoms with van der Waals surface area (Å²) >= 11 is 1.74. The smallest absolute Gasteiger partial charge is 0.142 e. The summed E-state index contributed by atoms with van der Waals surface area (Å²) in [4.78, 5) is 6.46. The highest BCUT2D eigenvalue weighted by Gasteiger charge is 1.90. The average molecular weight is 257 g/mol. The first kappa shape index (κ1) is 12.7. The maximum atomic E-state index is 5.21. The minimum absolute atomic E-state index is 0.521. The summed E-state index contributed by atoms with van der Waals surface area (Å²) in [6.07, 6.45) is 1.79. The highest BCUT2D eigenvalue weighted by molar-refractivity contribution is 7.99. The number of hydrogen-bond donors (Lipinski definition) is 0. The fourth-order valence-corrected chi connectivity index (χ4v) is 2.10. The quantitative estimate of drug-likeness (QED) is 0.443. The molecular formula is C15H15NOS. The molecular weight excluding hydrogens is 242 g/mol. The lowest BCUT2D eigenvalue weighted by Crippen LogP contribution is -1.87. The molecule has 2 aromatic carbocycles. The summed E-state index contributed by atoms with van der Waals surface area (Å²) in [5.74, 6) is 0.818. The van der Waals surface area contributed by atoms with Crippen LogP contribution < -0.4 is 0 Å². The predicted molar refractivity (Wildman–Crippen MR) is 76.9 cm³/mol. The van der Waals surface area contributed by atoms with E-state index < -0.39 is 0 Å². The van der Waals surface area contributed by atoms with Gasteiger partial charge in [0.15, 0.2) is 0 Å². The number of oxime groups is 1. The van der Waals surface area contributed by atoms with Crippen LogP contribution >= 0.6 is 11.8 Å². The molecule has 2 aromatic rings. The van der Waals surface area contributed by atoms with Crippen LogP contribution in [0.4, 0.5) is 0 Å². The summed E-state index contributed by atoms with van der Waals surface area (Å²) < 4.78 is 0. The van der Waals surface area contributed by atoms with Crippen LogP contribution in [0.15, 0.2) is 70.7 Å². The minimum atomic E-state index is 0.521.